The molecule has 0 fully saturated rings. The zero-order valence-electron chi connectivity index (χ0n) is 23.3. The Labute approximate surface area is 248 Å². The Kier molecular flexibility index (Phi) is 5.20. The summed E-state index contributed by atoms with van der Waals surface area (Å²) in [4.78, 5) is 2.29. The maximum absolute atomic E-state index is 6.27. The second kappa shape index (κ2) is 9.37. The Morgan fingerprint density at radius 1 is 0.419 bits per heavy atom. The van der Waals surface area contributed by atoms with Crippen molar-refractivity contribution in [2.24, 2.45) is 0 Å². The molecule has 202 valence electrons. The molecule has 0 saturated carbocycles. The van der Waals surface area contributed by atoms with Crippen LogP contribution in [0.2, 0.25) is 0 Å². The SMILES string of the molecule is c1ccc(N(c2ccc(-n3c4ccccc4c4ccc5ccccc5c43)cc2)c2ccc3c(c2)oc2ccccc23)cc1. The molecule has 0 saturated heterocycles. The average molecular weight is 551 g/mol. The number of furan rings is 1. The molecule has 43 heavy (non-hydrogen) atoms. The molecule has 0 amide bonds. The summed E-state index contributed by atoms with van der Waals surface area (Å²) in [5.41, 5.74) is 8.58. The average Bonchev–Trinajstić information content (AvgIpc) is 3.61. The minimum atomic E-state index is 0.883. The number of nitrogens with zero attached hydrogens (tertiary/aromatic N) is 2. The van der Waals surface area contributed by atoms with Crippen molar-refractivity contribution in [1.82, 2.24) is 4.57 Å². The van der Waals surface area contributed by atoms with Crippen molar-refractivity contribution in [3.05, 3.63) is 158 Å². The fraction of sp³-hybridized carbons (Fsp3) is 0. The van der Waals surface area contributed by atoms with Crippen molar-refractivity contribution in [2.75, 3.05) is 4.90 Å². The largest absolute Gasteiger partial charge is 0.456 e. The number of benzene rings is 7. The molecule has 0 aliphatic rings. The van der Waals surface area contributed by atoms with Crippen LogP contribution < -0.4 is 4.90 Å². The monoisotopic (exact) mass is 550 g/mol. The lowest BCUT2D eigenvalue weighted by Gasteiger charge is -2.25. The standard InChI is InChI=1S/C40H26N2O/c1-2-11-28(12-3-1)41(31-23-25-35-34-15-7-9-17-38(34)43-39(35)26-31)29-19-21-30(22-20-29)42-37-16-8-6-14-33(37)36-24-18-27-10-4-5-13-32(27)40(36)42/h1-26H. The normalized spacial score (nSPS) is 11.7. The highest BCUT2D eigenvalue weighted by Crippen LogP contribution is 2.40. The van der Waals surface area contributed by atoms with Crippen LogP contribution in [0, 0.1) is 0 Å². The lowest BCUT2D eigenvalue weighted by atomic mass is 10.1. The van der Waals surface area contributed by atoms with E-state index in [1.54, 1.807) is 0 Å². The molecule has 9 rings (SSSR count). The van der Waals surface area contributed by atoms with Gasteiger partial charge in [-0.25, -0.2) is 0 Å². The van der Waals surface area contributed by atoms with E-state index in [9.17, 15) is 0 Å². The van der Waals surface area contributed by atoms with E-state index in [4.69, 9.17) is 4.42 Å². The lowest BCUT2D eigenvalue weighted by Crippen LogP contribution is -2.09. The van der Waals surface area contributed by atoms with Gasteiger partial charge in [0.25, 0.3) is 0 Å². The maximum atomic E-state index is 6.27. The van der Waals surface area contributed by atoms with Crippen molar-refractivity contribution in [3.63, 3.8) is 0 Å². The van der Waals surface area contributed by atoms with Crippen LogP contribution in [0.15, 0.2) is 162 Å². The van der Waals surface area contributed by atoms with Gasteiger partial charge in [0.05, 0.1) is 11.0 Å². The smallest absolute Gasteiger partial charge is 0.137 e. The van der Waals surface area contributed by atoms with Crippen LogP contribution in [-0.2, 0) is 0 Å². The van der Waals surface area contributed by atoms with E-state index in [2.05, 4.69) is 155 Å². The van der Waals surface area contributed by atoms with E-state index in [1.165, 1.54) is 32.6 Å². The molecular weight excluding hydrogens is 524 g/mol. The summed E-state index contributed by atoms with van der Waals surface area (Å²) in [6, 6.07) is 56.0. The molecule has 0 unspecified atom stereocenters. The van der Waals surface area contributed by atoms with Gasteiger partial charge < -0.3 is 13.9 Å². The van der Waals surface area contributed by atoms with Crippen LogP contribution in [0.1, 0.15) is 0 Å². The van der Waals surface area contributed by atoms with Crippen LogP contribution in [0.4, 0.5) is 17.1 Å². The molecule has 2 heterocycles. The van der Waals surface area contributed by atoms with Crippen molar-refractivity contribution >= 4 is 71.6 Å². The van der Waals surface area contributed by atoms with Gasteiger partial charge in [-0.1, -0.05) is 91.0 Å². The summed E-state index contributed by atoms with van der Waals surface area (Å²) in [5, 5.41) is 7.29. The molecule has 0 N–H and O–H groups in total. The molecule has 0 aliphatic heterocycles. The van der Waals surface area contributed by atoms with Gasteiger partial charge in [-0.3, -0.25) is 0 Å². The molecule has 0 radical (unpaired) electrons. The highest BCUT2D eigenvalue weighted by molar-refractivity contribution is 6.18. The van der Waals surface area contributed by atoms with E-state index in [-0.39, 0.29) is 0 Å². The van der Waals surface area contributed by atoms with Gasteiger partial charge in [0.2, 0.25) is 0 Å². The van der Waals surface area contributed by atoms with Crippen molar-refractivity contribution < 1.29 is 4.42 Å². The number of anilines is 3. The molecule has 0 aliphatic carbocycles. The molecule has 0 atom stereocenters. The van der Waals surface area contributed by atoms with Gasteiger partial charge in [-0.15, -0.1) is 0 Å². The second-order valence-corrected chi connectivity index (χ2v) is 11.0. The first kappa shape index (κ1) is 23.9. The molecule has 3 nitrogen and oxygen atoms in total. The molecule has 2 aromatic heterocycles. The van der Waals surface area contributed by atoms with E-state index in [1.807, 2.05) is 12.1 Å². The number of fused-ring (bicyclic) bond motifs is 8. The predicted molar refractivity (Wildman–Crippen MR) is 180 cm³/mol. The molecule has 9 aromatic rings. The first-order valence-corrected chi connectivity index (χ1v) is 14.6. The van der Waals surface area contributed by atoms with Crippen LogP contribution >= 0.6 is 0 Å². The number of hydrogen-bond donors (Lipinski definition) is 0. The van der Waals surface area contributed by atoms with E-state index in [0.29, 0.717) is 0 Å². The van der Waals surface area contributed by atoms with E-state index < -0.39 is 0 Å². The number of para-hydroxylation sites is 3. The van der Waals surface area contributed by atoms with E-state index in [0.717, 1.165) is 44.7 Å². The summed E-state index contributed by atoms with van der Waals surface area (Å²) in [6.07, 6.45) is 0. The Bertz CT molecular complexity index is 2450. The number of hydrogen-bond acceptors (Lipinski definition) is 2. The Balaban J connectivity index is 1.23. The van der Waals surface area contributed by atoms with Gasteiger partial charge in [0.15, 0.2) is 0 Å². The second-order valence-electron chi connectivity index (χ2n) is 11.0. The van der Waals surface area contributed by atoms with Crippen molar-refractivity contribution in [3.8, 4) is 5.69 Å². The molecule has 7 aromatic carbocycles. The summed E-state index contributed by atoms with van der Waals surface area (Å²) >= 11 is 0. The highest BCUT2D eigenvalue weighted by atomic mass is 16.3. The number of aromatic nitrogens is 1. The summed E-state index contributed by atoms with van der Waals surface area (Å²) in [7, 11) is 0. The van der Waals surface area contributed by atoms with Gasteiger partial charge in [-0.2, -0.15) is 0 Å². The third kappa shape index (κ3) is 3.68. The summed E-state index contributed by atoms with van der Waals surface area (Å²) < 4.78 is 8.68. The summed E-state index contributed by atoms with van der Waals surface area (Å²) in [5.74, 6) is 0. The van der Waals surface area contributed by atoms with Crippen LogP contribution in [0.25, 0.3) is 60.2 Å². The third-order valence-corrected chi connectivity index (χ3v) is 8.56. The third-order valence-electron chi connectivity index (χ3n) is 8.56. The first-order valence-electron chi connectivity index (χ1n) is 14.6. The predicted octanol–water partition coefficient (Wildman–Crippen LogP) is 11.3. The van der Waals surface area contributed by atoms with Gasteiger partial charge in [0, 0.05) is 55.7 Å². The minimum Gasteiger partial charge on any atom is -0.456 e. The Morgan fingerprint density at radius 3 is 1.91 bits per heavy atom. The topological polar surface area (TPSA) is 21.3 Å². The van der Waals surface area contributed by atoms with E-state index >= 15 is 0 Å². The van der Waals surface area contributed by atoms with Gasteiger partial charge >= 0.3 is 0 Å². The molecule has 0 bridgehead atoms. The summed E-state index contributed by atoms with van der Waals surface area (Å²) in [6.45, 7) is 0. The Morgan fingerprint density at radius 2 is 1.05 bits per heavy atom. The van der Waals surface area contributed by atoms with Crippen LogP contribution in [-0.4, -0.2) is 4.57 Å². The molecular formula is C40H26N2O. The fourth-order valence-corrected chi connectivity index (χ4v) is 6.63. The van der Waals surface area contributed by atoms with Crippen molar-refractivity contribution in [2.45, 2.75) is 0 Å². The lowest BCUT2D eigenvalue weighted by molar-refractivity contribution is 0.669. The molecule has 0 spiro atoms. The quantitative estimate of drug-likeness (QED) is 0.217. The van der Waals surface area contributed by atoms with Crippen molar-refractivity contribution in [1.29, 1.82) is 0 Å². The first-order chi connectivity index (χ1) is 21.3. The maximum Gasteiger partial charge on any atom is 0.137 e. The Hall–Kier alpha value is -5.80. The minimum absolute atomic E-state index is 0.883. The van der Waals surface area contributed by atoms with Crippen LogP contribution in [0.5, 0.6) is 0 Å². The van der Waals surface area contributed by atoms with Crippen LogP contribution in [0.3, 0.4) is 0 Å². The van der Waals surface area contributed by atoms with Gasteiger partial charge in [-0.05, 0) is 66.0 Å². The zero-order valence-corrected chi connectivity index (χ0v) is 23.3. The fourth-order valence-electron chi connectivity index (χ4n) is 6.63. The number of rotatable bonds is 4. The zero-order chi connectivity index (χ0) is 28.3. The molecule has 3 heteroatoms. The van der Waals surface area contributed by atoms with Gasteiger partial charge in [0.1, 0.15) is 11.2 Å². The highest BCUT2D eigenvalue weighted by Gasteiger charge is 2.18.